The van der Waals surface area contributed by atoms with Crippen LogP contribution in [0.5, 0.6) is 5.75 Å². The molecule has 0 amide bonds. The Labute approximate surface area is 163 Å². The summed E-state index contributed by atoms with van der Waals surface area (Å²) < 4.78 is 5.17. The van der Waals surface area contributed by atoms with E-state index in [0.29, 0.717) is 29.2 Å². The molecule has 28 heavy (non-hydrogen) atoms. The van der Waals surface area contributed by atoms with Gasteiger partial charge in [0, 0.05) is 12.7 Å². The van der Waals surface area contributed by atoms with Gasteiger partial charge in [0.15, 0.2) is 0 Å². The molecule has 8 nitrogen and oxygen atoms in total. The van der Waals surface area contributed by atoms with Crippen molar-refractivity contribution < 1.29 is 9.84 Å². The normalized spacial score (nSPS) is 12.0. The Kier molecular flexibility index (Phi) is 6.44. The molecule has 0 spiro atoms. The van der Waals surface area contributed by atoms with Gasteiger partial charge in [-0.3, -0.25) is 4.79 Å². The van der Waals surface area contributed by atoms with Crippen molar-refractivity contribution >= 4 is 22.7 Å². The van der Waals surface area contributed by atoms with Crippen LogP contribution in [0.1, 0.15) is 25.3 Å². The summed E-state index contributed by atoms with van der Waals surface area (Å²) >= 11 is 0. The van der Waals surface area contributed by atoms with Gasteiger partial charge >= 0.3 is 0 Å². The number of pyridine rings is 1. The first-order chi connectivity index (χ1) is 13.6. The van der Waals surface area contributed by atoms with Crippen molar-refractivity contribution in [1.82, 2.24) is 15.0 Å². The zero-order valence-corrected chi connectivity index (χ0v) is 16.0. The first-order valence-corrected chi connectivity index (χ1v) is 9.28. The van der Waals surface area contributed by atoms with Crippen molar-refractivity contribution in [2.24, 2.45) is 0 Å². The lowest BCUT2D eigenvalue weighted by molar-refractivity contribution is 0.268. The molecule has 0 aliphatic heterocycles. The zero-order chi connectivity index (χ0) is 19.9. The third kappa shape index (κ3) is 4.58. The van der Waals surface area contributed by atoms with Crippen molar-refractivity contribution in [1.29, 1.82) is 0 Å². The average molecular weight is 383 g/mol. The van der Waals surface area contributed by atoms with Crippen molar-refractivity contribution in [3.63, 3.8) is 0 Å². The third-order valence-corrected chi connectivity index (χ3v) is 4.43. The van der Waals surface area contributed by atoms with E-state index in [2.05, 4.69) is 25.6 Å². The van der Waals surface area contributed by atoms with E-state index in [9.17, 15) is 9.90 Å². The number of methoxy groups -OCH3 is 1. The second-order valence-corrected chi connectivity index (χ2v) is 6.48. The van der Waals surface area contributed by atoms with Crippen LogP contribution in [0.15, 0.2) is 41.3 Å². The van der Waals surface area contributed by atoms with Crippen molar-refractivity contribution in [3.05, 3.63) is 52.4 Å². The van der Waals surface area contributed by atoms with Gasteiger partial charge in [-0.05, 0) is 30.2 Å². The van der Waals surface area contributed by atoms with Crippen molar-refractivity contribution in [3.8, 4) is 5.75 Å². The average Bonchev–Trinajstić information content (AvgIpc) is 2.72. The minimum Gasteiger partial charge on any atom is -0.497 e. The maximum atomic E-state index is 12.3. The summed E-state index contributed by atoms with van der Waals surface area (Å²) in [5.41, 5.74) is 1.31. The highest BCUT2D eigenvalue weighted by molar-refractivity contribution is 5.89. The number of hydrogen-bond acceptors (Lipinski definition) is 7. The Morgan fingerprint density at radius 3 is 2.68 bits per heavy atom. The molecule has 1 atom stereocenters. The second kappa shape index (κ2) is 9.18. The minimum absolute atomic E-state index is 0.0430. The fourth-order valence-corrected chi connectivity index (χ4v) is 2.95. The largest absolute Gasteiger partial charge is 0.497 e. The number of aromatic nitrogens is 3. The van der Waals surface area contributed by atoms with Crippen molar-refractivity contribution in [2.45, 2.75) is 32.4 Å². The molecule has 0 saturated heterocycles. The Morgan fingerprint density at radius 1 is 1.21 bits per heavy atom. The van der Waals surface area contributed by atoms with Gasteiger partial charge in [-0.2, -0.15) is 4.98 Å². The summed E-state index contributed by atoms with van der Waals surface area (Å²) in [7, 11) is 1.63. The van der Waals surface area contributed by atoms with E-state index >= 15 is 0 Å². The maximum absolute atomic E-state index is 12.3. The lowest BCUT2D eigenvalue weighted by Gasteiger charge is -2.18. The van der Waals surface area contributed by atoms with Gasteiger partial charge in [0.25, 0.3) is 5.56 Å². The van der Waals surface area contributed by atoms with Crippen LogP contribution in [-0.4, -0.2) is 39.8 Å². The van der Waals surface area contributed by atoms with Crippen LogP contribution in [0.2, 0.25) is 0 Å². The van der Waals surface area contributed by atoms with Gasteiger partial charge in [0.1, 0.15) is 17.0 Å². The lowest BCUT2D eigenvalue weighted by atomic mass is 10.1. The standard InChI is InChI=1S/C20H25N5O3/c1-3-4-14(12-26)23-18-17-16(9-10-21-19(17)27)24-20(25-18)22-11-13-5-7-15(28-2)8-6-13/h5-10,14,26H,3-4,11-12H2,1-2H3,(H,21,27)(H2,22,23,24,25)/t14-/m0/s1. The molecule has 1 aromatic carbocycles. The number of nitrogens with zero attached hydrogens (tertiary/aromatic N) is 2. The number of fused-ring (bicyclic) bond motifs is 1. The molecule has 3 aromatic rings. The minimum atomic E-state index is -0.269. The number of benzene rings is 1. The quantitative estimate of drug-likeness (QED) is 0.449. The highest BCUT2D eigenvalue weighted by Crippen LogP contribution is 2.20. The van der Waals surface area contributed by atoms with Crippen LogP contribution in [-0.2, 0) is 6.54 Å². The molecule has 2 aromatic heterocycles. The predicted molar refractivity (Wildman–Crippen MR) is 110 cm³/mol. The summed E-state index contributed by atoms with van der Waals surface area (Å²) in [6.07, 6.45) is 3.23. The molecule has 0 radical (unpaired) electrons. The number of aliphatic hydroxyl groups excluding tert-OH is 1. The highest BCUT2D eigenvalue weighted by atomic mass is 16.5. The van der Waals surface area contributed by atoms with Crippen LogP contribution < -0.4 is 20.9 Å². The van der Waals surface area contributed by atoms with E-state index < -0.39 is 0 Å². The predicted octanol–water partition coefficient (Wildman–Crippen LogP) is 2.51. The summed E-state index contributed by atoms with van der Waals surface area (Å²) in [6, 6.07) is 9.25. The summed E-state index contributed by atoms with van der Waals surface area (Å²) in [4.78, 5) is 23.9. The van der Waals surface area contributed by atoms with Gasteiger partial charge in [-0.1, -0.05) is 25.5 Å². The Hall–Kier alpha value is -3.13. The van der Waals surface area contributed by atoms with Crippen molar-refractivity contribution in [2.75, 3.05) is 24.4 Å². The van der Waals surface area contributed by atoms with Crippen LogP contribution in [0.25, 0.3) is 10.9 Å². The van der Waals surface area contributed by atoms with Gasteiger partial charge in [0.05, 0.1) is 25.3 Å². The van der Waals surface area contributed by atoms with Gasteiger partial charge < -0.3 is 25.5 Å². The first kappa shape index (κ1) is 19.6. The molecule has 0 bridgehead atoms. The number of rotatable bonds is 9. The fraction of sp³-hybridized carbons (Fsp3) is 0.350. The Bertz CT molecular complexity index is 972. The zero-order valence-electron chi connectivity index (χ0n) is 16.0. The molecule has 2 heterocycles. The Morgan fingerprint density at radius 2 is 2.00 bits per heavy atom. The molecule has 0 saturated carbocycles. The molecule has 148 valence electrons. The van der Waals surface area contributed by atoms with Crippen LogP contribution in [0.4, 0.5) is 11.8 Å². The monoisotopic (exact) mass is 383 g/mol. The number of hydrogen-bond donors (Lipinski definition) is 4. The van der Waals surface area contributed by atoms with Crippen LogP contribution >= 0.6 is 0 Å². The van der Waals surface area contributed by atoms with E-state index in [1.165, 1.54) is 0 Å². The summed E-state index contributed by atoms with van der Waals surface area (Å²) in [6.45, 7) is 2.52. The van der Waals surface area contributed by atoms with Gasteiger partial charge in [-0.25, -0.2) is 4.98 Å². The third-order valence-electron chi connectivity index (χ3n) is 4.43. The number of H-pyrrole nitrogens is 1. The molecule has 0 unspecified atom stereocenters. The number of nitrogens with one attached hydrogen (secondary N) is 3. The van der Waals surface area contributed by atoms with E-state index in [4.69, 9.17) is 4.74 Å². The topological polar surface area (TPSA) is 112 Å². The first-order valence-electron chi connectivity index (χ1n) is 9.28. The van der Waals surface area contributed by atoms with Crippen LogP contribution in [0.3, 0.4) is 0 Å². The molecule has 0 fully saturated rings. The number of anilines is 2. The molecular formula is C20H25N5O3. The smallest absolute Gasteiger partial charge is 0.261 e. The second-order valence-electron chi connectivity index (χ2n) is 6.48. The van der Waals surface area contributed by atoms with E-state index in [1.807, 2.05) is 31.2 Å². The van der Waals surface area contributed by atoms with E-state index in [1.54, 1.807) is 19.4 Å². The summed E-state index contributed by atoms with van der Waals surface area (Å²) in [5.74, 6) is 1.61. The molecule has 8 heteroatoms. The number of ether oxygens (including phenoxy) is 1. The molecule has 3 rings (SSSR count). The van der Waals surface area contributed by atoms with Crippen LogP contribution in [0, 0.1) is 0 Å². The van der Waals surface area contributed by atoms with E-state index in [0.717, 1.165) is 24.2 Å². The Balaban J connectivity index is 1.88. The summed E-state index contributed by atoms with van der Waals surface area (Å²) in [5, 5.41) is 16.4. The SMILES string of the molecule is CCC[C@@H](CO)Nc1nc(NCc2ccc(OC)cc2)nc2cc[nH]c(=O)c12. The van der Waals surface area contributed by atoms with E-state index in [-0.39, 0.29) is 18.2 Å². The number of aliphatic hydroxyl groups is 1. The molecule has 4 N–H and O–H groups in total. The molecule has 0 aliphatic carbocycles. The molecule has 0 aliphatic rings. The lowest BCUT2D eigenvalue weighted by Crippen LogP contribution is -2.25. The molecular weight excluding hydrogens is 358 g/mol. The highest BCUT2D eigenvalue weighted by Gasteiger charge is 2.14. The fourth-order valence-electron chi connectivity index (χ4n) is 2.95. The number of aromatic amines is 1. The van der Waals surface area contributed by atoms with Gasteiger partial charge in [0.2, 0.25) is 5.95 Å². The van der Waals surface area contributed by atoms with Gasteiger partial charge in [-0.15, -0.1) is 0 Å². The maximum Gasteiger partial charge on any atom is 0.261 e.